The summed E-state index contributed by atoms with van der Waals surface area (Å²) in [6, 6.07) is 0. The molecular formula is C9H15N3O5S. The molecule has 1 rings (SSSR count). The molecule has 18 heavy (non-hydrogen) atoms. The molecule has 0 atom stereocenters. The highest BCUT2D eigenvalue weighted by Crippen LogP contribution is 1.91. The summed E-state index contributed by atoms with van der Waals surface area (Å²) in [5.41, 5.74) is -1.12. The maximum atomic E-state index is 11.7. The molecule has 0 aliphatic rings. The van der Waals surface area contributed by atoms with Crippen LogP contribution in [-0.2, 0) is 27.9 Å². The van der Waals surface area contributed by atoms with E-state index in [1.807, 2.05) is 0 Å². The third-order valence-electron chi connectivity index (χ3n) is 2.32. The highest BCUT2D eigenvalue weighted by atomic mass is 32.2. The average Bonchev–Trinajstić information content (AvgIpc) is 2.23. The van der Waals surface area contributed by atoms with Crippen LogP contribution < -0.4 is 11.4 Å². The molecule has 0 amide bonds. The zero-order valence-electron chi connectivity index (χ0n) is 10.4. The van der Waals surface area contributed by atoms with Crippen molar-refractivity contribution < 1.29 is 12.6 Å². The van der Waals surface area contributed by atoms with Crippen molar-refractivity contribution in [3.8, 4) is 0 Å². The van der Waals surface area contributed by atoms with E-state index in [2.05, 4.69) is 9.17 Å². The molecular weight excluding hydrogens is 262 g/mol. The highest BCUT2D eigenvalue weighted by Gasteiger charge is 2.07. The molecule has 0 aliphatic carbocycles. The van der Waals surface area contributed by atoms with Crippen LogP contribution in [0.3, 0.4) is 0 Å². The van der Waals surface area contributed by atoms with Crippen molar-refractivity contribution in [3.63, 3.8) is 0 Å². The lowest BCUT2D eigenvalue weighted by Crippen LogP contribution is -2.42. The molecule has 0 N–H and O–H groups in total. The maximum absolute atomic E-state index is 11.7. The molecule has 102 valence electrons. The van der Waals surface area contributed by atoms with Crippen LogP contribution in [0.25, 0.3) is 0 Å². The largest absolute Gasteiger partial charge is 0.353 e. The number of aryl methyl sites for hydroxylation is 1. The number of rotatable bonds is 5. The summed E-state index contributed by atoms with van der Waals surface area (Å²) in [7, 11) is -1.99. The maximum Gasteiger partial charge on any atom is 0.353 e. The first-order chi connectivity index (χ1) is 8.22. The number of hydrogen-bond acceptors (Lipinski definition) is 6. The third kappa shape index (κ3) is 3.77. The zero-order chi connectivity index (χ0) is 13.9. The number of hydrogen-bond donors (Lipinski definition) is 0. The topological polar surface area (TPSA) is 100 Å². The van der Waals surface area contributed by atoms with Gasteiger partial charge in [0.25, 0.3) is 10.1 Å². The monoisotopic (exact) mass is 277 g/mol. The van der Waals surface area contributed by atoms with Crippen LogP contribution in [0.1, 0.15) is 12.2 Å². The molecule has 8 nitrogen and oxygen atoms in total. The summed E-state index contributed by atoms with van der Waals surface area (Å²) < 4.78 is 28.1. The first-order valence-corrected chi connectivity index (χ1v) is 7.03. The molecule has 0 bridgehead atoms. The Morgan fingerprint density at radius 1 is 1.33 bits per heavy atom. The molecule has 0 saturated carbocycles. The van der Waals surface area contributed by atoms with Crippen LogP contribution in [0.15, 0.2) is 9.59 Å². The van der Waals surface area contributed by atoms with E-state index >= 15 is 0 Å². The lowest BCUT2D eigenvalue weighted by molar-refractivity contribution is 0.303. The predicted octanol–water partition coefficient (Wildman–Crippen LogP) is -1.38. The molecule has 0 radical (unpaired) electrons. The number of nitrogens with zero attached hydrogens (tertiary/aromatic N) is 3. The van der Waals surface area contributed by atoms with Crippen molar-refractivity contribution in [2.45, 2.75) is 19.9 Å². The van der Waals surface area contributed by atoms with E-state index in [0.29, 0.717) is 5.82 Å². The molecule has 0 fully saturated rings. The average molecular weight is 277 g/mol. The van der Waals surface area contributed by atoms with Crippen molar-refractivity contribution in [2.24, 2.45) is 7.05 Å². The fraction of sp³-hybridized carbons (Fsp3) is 0.667. The van der Waals surface area contributed by atoms with Gasteiger partial charge >= 0.3 is 11.4 Å². The molecule has 1 aromatic heterocycles. The Hall–Kier alpha value is -1.48. The van der Waals surface area contributed by atoms with Gasteiger partial charge in [0.15, 0.2) is 0 Å². The molecule has 1 heterocycles. The number of aromatic nitrogens is 3. The van der Waals surface area contributed by atoms with Crippen LogP contribution in [0.2, 0.25) is 0 Å². The lowest BCUT2D eigenvalue weighted by atomic mass is 10.4. The normalized spacial score (nSPS) is 11.7. The second-order valence-corrected chi connectivity index (χ2v) is 5.46. The van der Waals surface area contributed by atoms with Crippen molar-refractivity contribution in [1.82, 2.24) is 14.1 Å². The third-order valence-corrected chi connectivity index (χ3v) is 2.91. The quantitative estimate of drug-likeness (QED) is 0.485. The Morgan fingerprint density at radius 3 is 2.50 bits per heavy atom. The fourth-order valence-corrected chi connectivity index (χ4v) is 1.72. The highest BCUT2D eigenvalue weighted by molar-refractivity contribution is 7.85. The van der Waals surface area contributed by atoms with Crippen molar-refractivity contribution >= 4 is 10.1 Å². The second kappa shape index (κ2) is 5.44. The van der Waals surface area contributed by atoms with Gasteiger partial charge in [-0.1, -0.05) is 0 Å². The Bertz CT molecular complexity index is 643. The molecule has 0 aromatic carbocycles. The van der Waals surface area contributed by atoms with Gasteiger partial charge in [0.05, 0.1) is 12.9 Å². The van der Waals surface area contributed by atoms with Gasteiger partial charge in [-0.3, -0.25) is 8.75 Å². The molecule has 0 spiro atoms. The van der Waals surface area contributed by atoms with Gasteiger partial charge in [0.1, 0.15) is 5.82 Å². The van der Waals surface area contributed by atoms with Crippen molar-refractivity contribution in [3.05, 3.63) is 26.8 Å². The van der Waals surface area contributed by atoms with E-state index in [0.717, 1.165) is 10.8 Å². The van der Waals surface area contributed by atoms with Gasteiger partial charge < -0.3 is 0 Å². The Morgan fingerprint density at radius 2 is 1.94 bits per heavy atom. The van der Waals surface area contributed by atoms with Crippen LogP contribution in [0, 0.1) is 6.92 Å². The Balaban J connectivity index is 2.78. The standard InChI is InChI=1S/C9H15N3O5S/c1-7-10-8(13)12(9(14)11(7)2)5-4-6-17-18(3,15)16/h4-6H2,1-3H3. The van der Waals surface area contributed by atoms with E-state index in [-0.39, 0.29) is 19.6 Å². The summed E-state index contributed by atoms with van der Waals surface area (Å²) in [4.78, 5) is 26.9. The Kier molecular flexibility index (Phi) is 4.41. The van der Waals surface area contributed by atoms with Gasteiger partial charge in [-0.25, -0.2) is 14.2 Å². The molecule has 1 aromatic rings. The minimum atomic E-state index is -3.50. The summed E-state index contributed by atoms with van der Waals surface area (Å²) in [5.74, 6) is 0.327. The van der Waals surface area contributed by atoms with E-state index < -0.39 is 21.5 Å². The second-order valence-electron chi connectivity index (χ2n) is 3.81. The van der Waals surface area contributed by atoms with Gasteiger partial charge in [-0.05, 0) is 13.3 Å². The summed E-state index contributed by atoms with van der Waals surface area (Å²) in [6.45, 7) is 1.54. The van der Waals surface area contributed by atoms with E-state index in [1.54, 1.807) is 6.92 Å². The van der Waals surface area contributed by atoms with Gasteiger partial charge in [0, 0.05) is 13.6 Å². The zero-order valence-corrected chi connectivity index (χ0v) is 11.2. The molecule has 9 heteroatoms. The van der Waals surface area contributed by atoms with Crippen LogP contribution in [0.5, 0.6) is 0 Å². The van der Waals surface area contributed by atoms with Gasteiger partial charge in [-0.15, -0.1) is 0 Å². The summed E-state index contributed by atoms with van der Waals surface area (Å²) in [5, 5.41) is 0. The Labute approximate surface area is 104 Å². The summed E-state index contributed by atoms with van der Waals surface area (Å²) in [6.07, 6.45) is 1.17. The van der Waals surface area contributed by atoms with Crippen LogP contribution in [-0.4, -0.2) is 35.4 Å². The van der Waals surface area contributed by atoms with Crippen molar-refractivity contribution in [1.29, 1.82) is 0 Å². The van der Waals surface area contributed by atoms with Gasteiger partial charge in [-0.2, -0.15) is 13.4 Å². The smallest absolute Gasteiger partial charge is 0.285 e. The lowest BCUT2D eigenvalue weighted by Gasteiger charge is -2.07. The molecule has 0 unspecified atom stereocenters. The van der Waals surface area contributed by atoms with Crippen LogP contribution in [0.4, 0.5) is 0 Å². The van der Waals surface area contributed by atoms with Crippen molar-refractivity contribution in [2.75, 3.05) is 12.9 Å². The van der Waals surface area contributed by atoms with Crippen LogP contribution >= 0.6 is 0 Å². The predicted molar refractivity (Wildman–Crippen MR) is 63.9 cm³/mol. The first-order valence-electron chi connectivity index (χ1n) is 5.21. The van der Waals surface area contributed by atoms with E-state index in [1.165, 1.54) is 11.6 Å². The summed E-state index contributed by atoms with van der Waals surface area (Å²) >= 11 is 0. The van der Waals surface area contributed by atoms with E-state index in [9.17, 15) is 18.0 Å². The minimum absolute atomic E-state index is 0.0638. The molecule has 0 saturated heterocycles. The van der Waals surface area contributed by atoms with Gasteiger partial charge in [0.2, 0.25) is 0 Å². The minimum Gasteiger partial charge on any atom is -0.285 e. The first kappa shape index (κ1) is 14.6. The fourth-order valence-electron chi connectivity index (χ4n) is 1.30. The SMILES string of the molecule is Cc1nc(=O)n(CCCOS(C)(=O)=O)c(=O)n1C. The molecule has 0 aliphatic heterocycles. The van der Waals surface area contributed by atoms with E-state index in [4.69, 9.17) is 0 Å².